The third kappa shape index (κ3) is 2.56. The molecule has 1 aromatic carbocycles. The highest BCUT2D eigenvalue weighted by atomic mass is 19.1. The maximum Gasteiger partial charge on any atom is 0.125 e. The Hall–Kier alpha value is -1.61. The van der Waals surface area contributed by atoms with Crippen molar-refractivity contribution in [1.82, 2.24) is 5.32 Å². The Morgan fingerprint density at radius 1 is 1.35 bits per heavy atom. The van der Waals surface area contributed by atoms with Gasteiger partial charge < -0.3 is 9.73 Å². The van der Waals surface area contributed by atoms with Crippen LogP contribution in [0.15, 0.2) is 41.0 Å². The molecule has 2 aromatic rings. The SMILES string of the molecule is CCNC(c1ccco1)c1cc(F)ccc1C. The number of aryl methyl sites for hydroxylation is 1. The van der Waals surface area contributed by atoms with Crippen molar-refractivity contribution in [3.8, 4) is 0 Å². The van der Waals surface area contributed by atoms with Gasteiger partial charge >= 0.3 is 0 Å². The van der Waals surface area contributed by atoms with Crippen LogP contribution >= 0.6 is 0 Å². The van der Waals surface area contributed by atoms with Crippen molar-refractivity contribution >= 4 is 0 Å². The standard InChI is InChI=1S/C14H16FNO/c1-3-16-14(13-5-4-8-17-13)12-9-11(15)7-6-10(12)2/h4-9,14,16H,3H2,1-2H3. The molecule has 2 nitrogen and oxygen atoms in total. The van der Waals surface area contributed by atoms with E-state index in [9.17, 15) is 4.39 Å². The zero-order valence-electron chi connectivity index (χ0n) is 10.0. The molecule has 2 rings (SSSR count). The third-order valence-electron chi connectivity index (χ3n) is 2.79. The Morgan fingerprint density at radius 2 is 2.18 bits per heavy atom. The number of nitrogens with one attached hydrogen (secondary N) is 1. The van der Waals surface area contributed by atoms with E-state index >= 15 is 0 Å². The topological polar surface area (TPSA) is 25.2 Å². The number of halogens is 1. The van der Waals surface area contributed by atoms with Crippen molar-refractivity contribution in [3.05, 3.63) is 59.3 Å². The maximum absolute atomic E-state index is 13.3. The van der Waals surface area contributed by atoms with E-state index in [4.69, 9.17) is 4.42 Å². The lowest BCUT2D eigenvalue weighted by Crippen LogP contribution is -2.22. The Labute approximate surface area is 100 Å². The van der Waals surface area contributed by atoms with Gasteiger partial charge in [0, 0.05) is 0 Å². The van der Waals surface area contributed by atoms with E-state index in [2.05, 4.69) is 5.32 Å². The van der Waals surface area contributed by atoms with E-state index in [0.29, 0.717) is 0 Å². The van der Waals surface area contributed by atoms with Crippen molar-refractivity contribution < 1.29 is 8.81 Å². The smallest absolute Gasteiger partial charge is 0.125 e. The second-order valence-electron chi connectivity index (χ2n) is 4.01. The molecule has 1 aromatic heterocycles. The molecule has 0 aliphatic heterocycles. The summed E-state index contributed by atoms with van der Waals surface area (Å²) < 4.78 is 18.7. The first-order chi connectivity index (χ1) is 8.22. The number of rotatable bonds is 4. The molecular formula is C14H16FNO. The second-order valence-corrected chi connectivity index (χ2v) is 4.01. The average Bonchev–Trinajstić information content (AvgIpc) is 2.83. The maximum atomic E-state index is 13.3. The van der Waals surface area contributed by atoms with Gasteiger partial charge in [-0.15, -0.1) is 0 Å². The Bertz CT molecular complexity index is 479. The molecule has 3 heteroatoms. The number of furan rings is 1. The highest BCUT2D eigenvalue weighted by molar-refractivity contribution is 5.34. The van der Waals surface area contributed by atoms with Gasteiger partial charge in [0.2, 0.25) is 0 Å². The summed E-state index contributed by atoms with van der Waals surface area (Å²) >= 11 is 0. The average molecular weight is 233 g/mol. The molecule has 0 amide bonds. The van der Waals surface area contributed by atoms with Gasteiger partial charge in [-0.05, 0) is 48.9 Å². The van der Waals surface area contributed by atoms with Crippen molar-refractivity contribution in [2.24, 2.45) is 0 Å². The lowest BCUT2D eigenvalue weighted by Gasteiger charge is -2.18. The van der Waals surface area contributed by atoms with E-state index < -0.39 is 0 Å². The van der Waals surface area contributed by atoms with Crippen LogP contribution in [0.4, 0.5) is 4.39 Å². The second kappa shape index (κ2) is 5.15. The summed E-state index contributed by atoms with van der Waals surface area (Å²) in [6, 6.07) is 8.48. The van der Waals surface area contributed by atoms with Crippen molar-refractivity contribution in [1.29, 1.82) is 0 Å². The molecule has 1 unspecified atom stereocenters. The van der Waals surface area contributed by atoms with Crippen LogP contribution in [0, 0.1) is 12.7 Å². The molecule has 1 atom stereocenters. The molecule has 0 bridgehead atoms. The van der Waals surface area contributed by atoms with Crippen LogP contribution in [-0.4, -0.2) is 6.54 Å². The number of hydrogen-bond acceptors (Lipinski definition) is 2. The minimum absolute atomic E-state index is 0.0919. The van der Waals surface area contributed by atoms with Crippen LogP contribution < -0.4 is 5.32 Å². The highest BCUT2D eigenvalue weighted by Crippen LogP contribution is 2.25. The summed E-state index contributed by atoms with van der Waals surface area (Å²) in [6.07, 6.45) is 1.63. The van der Waals surface area contributed by atoms with E-state index in [1.807, 2.05) is 26.0 Å². The van der Waals surface area contributed by atoms with Crippen LogP contribution in [0.2, 0.25) is 0 Å². The molecule has 0 saturated heterocycles. The molecule has 0 spiro atoms. The first-order valence-corrected chi connectivity index (χ1v) is 5.75. The first-order valence-electron chi connectivity index (χ1n) is 5.75. The fraction of sp³-hybridized carbons (Fsp3) is 0.286. The van der Waals surface area contributed by atoms with Crippen LogP contribution in [-0.2, 0) is 0 Å². The molecule has 0 saturated carbocycles. The van der Waals surface area contributed by atoms with Crippen LogP contribution in [0.1, 0.15) is 29.9 Å². The van der Waals surface area contributed by atoms with E-state index in [1.54, 1.807) is 18.4 Å². The molecule has 0 aliphatic rings. The zero-order valence-corrected chi connectivity index (χ0v) is 10.0. The van der Waals surface area contributed by atoms with Gasteiger partial charge in [0.15, 0.2) is 0 Å². The normalized spacial score (nSPS) is 12.6. The van der Waals surface area contributed by atoms with Gasteiger partial charge in [0.1, 0.15) is 11.6 Å². The summed E-state index contributed by atoms with van der Waals surface area (Å²) in [6.45, 7) is 4.79. The third-order valence-corrected chi connectivity index (χ3v) is 2.79. The quantitative estimate of drug-likeness (QED) is 0.875. The van der Waals surface area contributed by atoms with Crippen molar-refractivity contribution in [3.63, 3.8) is 0 Å². The highest BCUT2D eigenvalue weighted by Gasteiger charge is 2.18. The first kappa shape index (κ1) is 11.9. The fourth-order valence-electron chi connectivity index (χ4n) is 1.95. The lowest BCUT2D eigenvalue weighted by molar-refractivity contribution is 0.450. The molecular weight excluding hydrogens is 217 g/mol. The van der Waals surface area contributed by atoms with Crippen LogP contribution in [0.5, 0.6) is 0 Å². The lowest BCUT2D eigenvalue weighted by atomic mass is 9.99. The summed E-state index contributed by atoms with van der Waals surface area (Å²) in [5, 5.41) is 3.31. The van der Waals surface area contributed by atoms with E-state index in [1.165, 1.54) is 6.07 Å². The number of benzene rings is 1. The largest absolute Gasteiger partial charge is 0.467 e. The Kier molecular flexibility index (Phi) is 3.59. The number of hydrogen-bond donors (Lipinski definition) is 1. The van der Waals surface area contributed by atoms with Gasteiger partial charge in [-0.25, -0.2) is 4.39 Å². The molecule has 0 aliphatic carbocycles. The van der Waals surface area contributed by atoms with Crippen LogP contribution in [0.25, 0.3) is 0 Å². The molecule has 90 valence electrons. The monoisotopic (exact) mass is 233 g/mol. The Balaban J connectivity index is 2.42. The van der Waals surface area contributed by atoms with Gasteiger partial charge in [-0.1, -0.05) is 13.0 Å². The molecule has 0 radical (unpaired) electrons. The predicted molar refractivity (Wildman–Crippen MR) is 65.4 cm³/mol. The summed E-state index contributed by atoms with van der Waals surface area (Å²) in [5.74, 6) is 0.584. The summed E-state index contributed by atoms with van der Waals surface area (Å²) in [5.41, 5.74) is 1.97. The minimum Gasteiger partial charge on any atom is -0.467 e. The van der Waals surface area contributed by atoms with Gasteiger partial charge in [0.05, 0.1) is 12.3 Å². The van der Waals surface area contributed by atoms with Crippen LogP contribution in [0.3, 0.4) is 0 Å². The Morgan fingerprint density at radius 3 is 2.82 bits per heavy atom. The molecule has 0 fully saturated rings. The zero-order chi connectivity index (χ0) is 12.3. The van der Waals surface area contributed by atoms with Crippen molar-refractivity contribution in [2.45, 2.75) is 19.9 Å². The van der Waals surface area contributed by atoms with Crippen molar-refractivity contribution in [2.75, 3.05) is 6.54 Å². The minimum atomic E-state index is -0.222. The van der Waals surface area contributed by atoms with E-state index in [-0.39, 0.29) is 11.9 Å². The van der Waals surface area contributed by atoms with E-state index in [0.717, 1.165) is 23.4 Å². The van der Waals surface area contributed by atoms with Gasteiger partial charge in [-0.3, -0.25) is 0 Å². The predicted octanol–water partition coefficient (Wildman–Crippen LogP) is 3.43. The molecule has 1 heterocycles. The molecule has 17 heavy (non-hydrogen) atoms. The van der Waals surface area contributed by atoms with Gasteiger partial charge in [0.25, 0.3) is 0 Å². The molecule has 1 N–H and O–H groups in total. The fourth-order valence-corrected chi connectivity index (χ4v) is 1.95. The van der Waals surface area contributed by atoms with Gasteiger partial charge in [-0.2, -0.15) is 0 Å². The summed E-state index contributed by atoms with van der Waals surface area (Å²) in [4.78, 5) is 0. The summed E-state index contributed by atoms with van der Waals surface area (Å²) in [7, 11) is 0.